The lowest BCUT2D eigenvalue weighted by atomic mass is 10.1. The van der Waals surface area contributed by atoms with Gasteiger partial charge in [-0.1, -0.05) is 20.8 Å². The van der Waals surface area contributed by atoms with Gasteiger partial charge in [0.2, 0.25) is 10.0 Å². The second kappa shape index (κ2) is 6.09. The molecule has 7 heteroatoms. The van der Waals surface area contributed by atoms with Gasteiger partial charge in [0, 0.05) is 13.2 Å². The third-order valence-electron chi connectivity index (χ3n) is 3.15. The minimum absolute atomic E-state index is 0.0895. The van der Waals surface area contributed by atoms with Crippen molar-refractivity contribution in [2.45, 2.75) is 32.4 Å². The van der Waals surface area contributed by atoms with Crippen LogP contribution in [0.4, 0.5) is 0 Å². The van der Waals surface area contributed by atoms with Crippen LogP contribution >= 0.6 is 0 Å². The third-order valence-corrected chi connectivity index (χ3v) is 5.29. The van der Waals surface area contributed by atoms with Crippen molar-refractivity contribution in [2.24, 2.45) is 13.0 Å². The van der Waals surface area contributed by atoms with Gasteiger partial charge in [0.05, 0.1) is 10.8 Å². The maximum atomic E-state index is 12.2. The number of nitrogens with zero attached hydrogens (tertiary/aromatic N) is 2. The van der Waals surface area contributed by atoms with Crippen LogP contribution < -0.4 is 4.72 Å². The summed E-state index contributed by atoms with van der Waals surface area (Å²) in [7, 11) is -2.14. The fraction of sp³-hybridized carbons (Fsp3) is 0.538. The van der Waals surface area contributed by atoms with Crippen LogP contribution in [-0.2, 0) is 17.1 Å². The molecule has 1 atom stereocenters. The molecule has 1 aromatic rings. The van der Waals surface area contributed by atoms with Gasteiger partial charge < -0.3 is 4.57 Å². The number of rotatable bonds is 5. The van der Waals surface area contributed by atoms with Crippen molar-refractivity contribution >= 4 is 15.9 Å². The minimum atomic E-state index is -3.73. The summed E-state index contributed by atoms with van der Waals surface area (Å²) >= 11 is 0. The zero-order chi connectivity index (χ0) is 15.5. The SMILES string of the molecule is CC[C@@H](C(C)C)S(=O)(=O)NC(=O)c1cc(C#N)cn1C. The van der Waals surface area contributed by atoms with Crippen molar-refractivity contribution in [3.63, 3.8) is 0 Å². The van der Waals surface area contributed by atoms with E-state index in [1.807, 2.05) is 6.07 Å². The number of nitriles is 1. The summed E-state index contributed by atoms with van der Waals surface area (Å²) in [5, 5.41) is 8.15. The summed E-state index contributed by atoms with van der Waals surface area (Å²) in [5.41, 5.74) is 0.453. The largest absolute Gasteiger partial charge is 0.345 e. The van der Waals surface area contributed by atoms with E-state index in [1.165, 1.54) is 16.8 Å². The lowest BCUT2D eigenvalue weighted by molar-refractivity contribution is 0.0973. The fourth-order valence-electron chi connectivity index (χ4n) is 2.16. The molecule has 1 heterocycles. The van der Waals surface area contributed by atoms with Crippen molar-refractivity contribution in [2.75, 3.05) is 0 Å². The van der Waals surface area contributed by atoms with Crippen LogP contribution in [0, 0.1) is 17.2 Å². The predicted octanol–water partition coefficient (Wildman–Crippen LogP) is 1.39. The summed E-state index contributed by atoms with van der Waals surface area (Å²) in [4.78, 5) is 12.0. The van der Waals surface area contributed by atoms with Crippen molar-refractivity contribution in [1.29, 1.82) is 5.26 Å². The van der Waals surface area contributed by atoms with Gasteiger partial charge in [-0.15, -0.1) is 0 Å². The Hall–Kier alpha value is -1.81. The Kier molecular flexibility index (Phi) is 4.95. The van der Waals surface area contributed by atoms with E-state index in [4.69, 9.17) is 5.26 Å². The third kappa shape index (κ3) is 3.39. The standard InChI is InChI=1S/C13H19N3O3S/c1-5-12(9(2)3)20(18,19)15-13(17)11-6-10(7-14)8-16(11)4/h6,8-9,12H,5H2,1-4H3,(H,15,17)/t12-/m0/s1. The van der Waals surface area contributed by atoms with Crippen molar-refractivity contribution < 1.29 is 13.2 Å². The molecule has 0 saturated carbocycles. The number of nitrogens with one attached hydrogen (secondary N) is 1. The highest BCUT2D eigenvalue weighted by atomic mass is 32.2. The highest BCUT2D eigenvalue weighted by Crippen LogP contribution is 2.15. The average Bonchev–Trinajstić information content (AvgIpc) is 2.69. The number of hydrogen-bond donors (Lipinski definition) is 1. The topological polar surface area (TPSA) is 92.0 Å². The van der Waals surface area contributed by atoms with E-state index in [0.717, 1.165) is 0 Å². The Morgan fingerprint density at radius 3 is 2.50 bits per heavy atom. The molecule has 1 rings (SSSR count). The molecule has 0 saturated heterocycles. The summed E-state index contributed by atoms with van der Waals surface area (Å²) in [6.07, 6.45) is 1.90. The molecule has 0 aliphatic heterocycles. The molecule has 0 fully saturated rings. The van der Waals surface area contributed by atoms with Crippen LogP contribution in [0.5, 0.6) is 0 Å². The molecule has 20 heavy (non-hydrogen) atoms. The van der Waals surface area contributed by atoms with E-state index in [2.05, 4.69) is 4.72 Å². The molecule has 0 aliphatic carbocycles. The molecule has 1 amide bonds. The number of sulfonamides is 1. The number of carbonyl (C=O) groups is 1. The average molecular weight is 297 g/mol. The molecule has 0 bridgehead atoms. The highest BCUT2D eigenvalue weighted by Gasteiger charge is 2.29. The Morgan fingerprint density at radius 2 is 2.10 bits per heavy atom. The van der Waals surface area contributed by atoms with Crippen LogP contribution in [0.15, 0.2) is 12.3 Å². The molecule has 0 spiro atoms. The number of carbonyl (C=O) groups excluding carboxylic acids is 1. The summed E-state index contributed by atoms with van der Waals surface area (Å²) in [5.74, 6) is -0.804. The Balaban J connectivity index is 3.00. The maximum absolute atomic E-state index is 12.2. The van der Waals surface area contributed by atoms with E-state index in [-0.39, 0.29) is 11.6 Å². The van der Waals surface area contributed by atoms with Crippen LogP contribution in [0.3, 0.4) is 0 Å². The van der Waals surface area contributed by atoms with E-state index < -0.39 is 21.2 Å². The van der Waals surface area contributed by atoms with Gasteiger partial charge in [0.15, 0.2) is 0 Å². The monoisotopic (exact) mass is 297 g/mol. The lowest BCUT2D eigenvalue weighted by Gasteiger charge is -2.19. The first-order valence-corrected chi connectivity index (χ1v) is 7.90. The smallest absolute Gasteiger partial charge is 0.281 e. The summed E-state index contributed by atoms with van der Waals surface area (Å²) in [6.45, 7) is 5.37. The quantitative estimate of drug-likeness (QED) is 0.889. The molecule has 1 aromatic heterocycles. The van der Waals surface area contributed by atoms with Crippen molar-refractivity contribution in [3.05, 3.63) is 23.5 Å². The zero-order valence-corrected chi connectivity index (χ0v) is 12.9. The Bertz CT molecular complexity index is 638. The predicted molar refractivity (Wildman–Crippen MR) is 75.4 cm³/mol. The molecule has 0 unspecified atom stereocenters. The molecule has 0 aromatic carbocycles. The van der Waals surface area contributed by atoms with Gasteiger partial charge in [-0.3, -0.25) is 4.79 Å². The fourth-order valence-corrected chi connectivity index (χ4v) is 3.83. The van der Waals surface area contributed by atoms with Gasteiger partial charge in [-0.25, -0.2) is 13.1 Å². The number of aromatic nitrogens is 1. The lowest BCUT2D eigenvalue weighted by Crippen LogP contribution is -2.41. The summed E-state index contributed by atoms with van der Waals surface area (Å²) < 4.78 is 27.9. The molecule has 0 aliphatic rings. The molecule has 0 radical (unpaired) electrons. The van der Waals surface area contributed by atoms with Crippen LogP contribution in [0.1, 0.15) is 43.2 Å². The van der Waals surface area contributed by atoms with Crippen LogP contribution in [0.2, 0.25) is 0 Å². The molecule has 1 N–H and O–H groups in total. The van der Waals surface area contributed by atoms with Gasteiger partial charge in [-0.2, -0.15) is 5.26 Å². The van der Waals surface area contributed by atoms with Gasteiger partial charge in [-0.05, 0) is 18.4 Å². The minimum Gasteiger partial charge on any atom is -0.345 e. The van der Waals surface area contributed by atoms with E-state index >= 15 is 0 Å². The number of amides is 1. The molecule has 110 valence electrons. The molecule has 6 nitrogen and oxygen atoms in total. The van der Waals surface area contributed by atoms with Crippen LogP contribution in [0.25, 0.3) is 0 Å². The Morgan fingerprint density at radius 1 is 1.50 bits per heavy atom. The summed E-state index contributed by atoms with van der Waals surface area (Å²) in [6, 6.07) is 3.27. The zero-order valence-electron chi connectivity index (χ0n) is 12.0. The normalized spacial score (nSPS) is 13.0. The second-order valence-electron chi connectivity index (χ2n) is 5.00. The highest BCUT2D eigenvalue weighted by molar-refractivity contribution is 7.90. The Labute approximate surface area is 119 Å². The first-order valence-electron chi connectivity index (χ1n) is 6.35. The number of hydrogen-bond acceptors (Lipinski definition) is 4. The first-order chi connectivity index (χ1) is 9.22. The van der Waals surface area contributed by atoms with Crippen LogP contribution in [-0.4, -0.2) is 24.1 Å². The van der Waals surface area contributed by atoms with Gasteiger partial charge in [0.1, 0.15) is 11.8 Å². The van der Waals surface area contributed by atoms with Crippen molar-refractivity contribution in [1.82, 2.24) is 9.29 Å². The first kappa shape index (κ1) is 16.2. The maximum Gasteiger partial charge on any atom is 0.281 e. The van der Waals surface area contributed by atoms with Crippen molar-refractivity contribution in [3.8, 4) is 6.07 Å². The molecular formula is C13H19N3O3S. The molecular weight excluding hydrogens is 278 g/mol. The van der Waals surface area contributed by atoms with E-state index in [1.54, 1.807) is 27.8 Å². The number of aryl methyl sites for hydroxylation is 1. The van der Waals surface area contributed by atoms with Gasteiger partial charge >= 0.3 is 0 Å². The van der Waals surface area contributed by atoms with Gasteiger partial charge in [0.25, 0.3) is 5.91 Å². The second-order valence-corrected chi connectivity index (χ2v) is 6.90. The van der Waals surface area contributed by atoms with E-state index in [9.17, 15) is 13.2 Å². The van der Waals surface area contributed by atoms with E-state index in [0.29, 0.717) is 12.0 Å².